The molecule has 2 aliphatic rings. The summed E-state index contributed by atoms with van der Waals surface area (Å²) >= 11 is 1.05. The highest BCUT2D eigenvalue weighted by molar-refractivity contribution is 8.05. The van der Waals surface area contributed by atoms with E-state index in [2.05, 4.69) is 4.99 Å². The Labute approximate surface area is 154 Å². The van der Waals surface area contributed by atoms with E-state index < -0.39 is 29.9 Å². The van der Waals surface area contributed by atoms with Gasteiger partial charge >= 0.3 is 11.9 Å². The van der Waals surface area contributed by atoms with Gasteiger partial charge in [-0.2, -0.15) is 0 Å². The minimum absolute atomic E-state index is 0.0892. The number of carbonyl (C=O) groups excluding carboxylic acids is 2. The molecule has 2 aliphatic heterocycles. The number of nitrogens with two attached hydrogens (primary N) is 1. The summed E-state index contributed by atoms with van der Waals surface area (Å²) in [4.78, 5) is 40.7. The highest BCUT2D eigenvalue weighted by atomic mass is 32.2. The fourth-order valence-electron chi connectivity index (χ4n) is 2.92. The molecule has 4 N–H and O–H groups in total. The Morgan fingerprint density at radius 2 is 2.23 bits per heavy atom. The number of hydrogen-bond acceptors (Lipinski definition) is 7. The number of esters is 1. The molecule has 1 fully saturated rings. The Hall–Kier alpha value is -2.33. The molecule has 2 rings (SSSR count). The van der Waals surface area contributed by atoms with Crippen molar-refractivity contribution in [3.8, 4) is 0 Å². The molecule has 0 aromatic heterocycles. The van der Waals surface area contributed by atoms with E-state index in [4.69, 9.17) is 10.5 Å². The average Bonchev–Trinajstić information content (AvgIpc) is 2.85. The number of amidine groups is 1. The summed E-state index contributed by atoms with van der Waals surface area (Å²) in [7, 11) is 0. The van der Waals surface area contributed by atoms with E-state index in [0.29, 0.717) is 17.2 Å². The number of rotatable bonds is 8. The van der Waals surface area contributed by atoms with Crippen molar-refractivity contribution in [1.82, 2.24) is 4.90 Å². The average molecular weight is 383 g/mol. The second-order valence-electron chi connectivity index (χ2n) is 5.93. The lowest BCUT2D eigenvalue weighted by molar-refractivity contribution is -0.161. The van der Waals surface area contributed by atoms with Crippen molar-refractivity contribution < 1.29 is 29.3 Å². The lowest BCUT2D eigenvalue weighted by Crippen LogP contribution is -2.61. The molecule has 0 saturated carbocycles. The summed E-state index contributed by atoms with van der Waals surface area (Å²) in [5.41, 5.74) is 5.27. The van der Waals surface area contributed by atoms with Gasteiger partial charge in [-0.3, -0.25) is 9.79 Å². The molecule has 0 radical (unpaired) electrons. The van der Waals surface area contributed by atoms with Crippen LogP contribution in [0.5, 0.6) is 0 Å². The monoisotopic (exact) mass is 383 g/mol. The van der Waals surface area contributed by atoms with Crippen LogP contribution in [0.4, 0.5) is 0 Å². The Balaban J connectivity index is 1.94. The standard InChI is InChI=1S/C16H21N3O6S/c1-8(20)13-10-7-11(14(16(23)24)19(10)15(13)22)26-6-3-12(21)25-5-4-18-9(2)17/h3,6,8,10,13,20H,4-5,7H2,1-2H3,(H2,17,18)(H,23,24)/t8-,10-,13-/m1/s1. The molecule has 0 aromatic carbocycles. The molecule has 10 heteroatoms. The second-order valence-corrected chi connectivity index (χ2v) is 6.93. The number of carboxylic acid groups (broad SMARTS) is 1. The van der Waals surface area contributed by atoms with Gasteiger partial charge in [0.15, 0.2) is 0 Å². The molecule has 2 heterocycles. The van der Waals surface area contributed by atoms with Crippen LogP contribution in [0.25, 0.3) is 0 Å². The first-order valence-electron chi connectivity index (χ1n) is 7.98. The van der Waals surface area contributed by atoms with Gasteiger partial charge in [0, 0.05) is 17.4 Å². The number of amides is 1. The molecule has 0 aliphatic carbocycles. The fraction of sp³-hybridized carbons (Fsp3) is 0.500. The van der Waals surface area contributed by atoms with Crippen LogP contribution in [0.2, 0.25) is 0 Å². The summed E-state index contributed by atoms with van der Waals surface area (Å²) in [5.74, 6) is -2.38. The number of nitrogens with zero attached hydrogens (tertiary/aromatic N) is 2. The van der Waals surface area contributed by atoms with E-state index >= 15 is 0 Å². The van der Waals surface area contributed by atoms with Crippen LogP contribution in [0.1, 0.15) is 20.3 Å². The number of aliphatic hydroxyl groups excluding tert-OH is 1. The lowest BCUT2D eigenvalue weighted by Gasteiger charge is -2.44. The minimum atomic E-state index is -1.21. The number of aliphatic carboxylic acids is 1. The molecule has 0 spiro atoms. The van der Waals surface area contributed by atoms with Crippen molar-refractivity contribution in [2.45, 2.75) is 32.4 Å². The third kappa shape index (κ3) is 4.25. The highest BCUT2D eigenvalue weighted by Crippen LogP contribution is 2.47. The number of carbonyl (C=O) groups is 3. The first-order valence-corrected chi connectivity index (χ1v) is 8.86. The number of carboxylic acids is 1. The molecular formula is C16H21N3O6S. The number of fused-ring (bicyclic) bond motifs is 1. The lowest BCUT2D eigenvalue weighted by atomic mass is 9.83. The molecular weight excluding hydrogens is 362 g/mol. The number of hydrogen-bond donors (Lipinski definition) is 3. The molecule has 1 saturated heterocycles. The Kier molecular flexibility index (Phi) is 6.43. The zero-order valence-corrected chi connectivity index (χ0v) is 15.2. The SMILES string of the molecule is CC(N)=NCCOC(=O)C=CSC1=C(C(=O)O)N2C(=O)[C@H]([C@@H](C)O)[C@H]2C1. The molecule has 3 atom stereocenters. The third-order valence-electron chi connectivity index (χ3n) is 4.00. The Morgan fingerprint density at radius 1 is 1.54 bits per heavy atom. The van der Waals surface area contributed by atoms with Crippen molar-refractivity contribution in [3.63, 3.8) is 0 Å². The number of thioether (sulfide) groups is 1. The fourth-order valence-corrected chi connectivity index (χ4v) is 3.83. The maximum atomic E-state index is 12.1. The second kappa shape index (κ2) is 8.37. The zero-order chi connectivity index (χ0) is 19.4. The summed E-state index contributed by atoms with van der Waals surface area (Å²) in [5, 5.41) is 20.5. The van der Waals surface area contributed by atoms with E-state index in [0.717, 1.165) is 11.8 Å². The van der Waals surface area contributed by atoms with Gasteiger partial charge in [-0.15, -0.1) is 0 Å². The van der Waals surface area contributed by atoms with Crippen LogP contribution in [0.3, 0.4) is 0 Å². The number of aliphatic imine (C=N–C) groups is 1. The highest BCUT2D eigenvalue weighted by Gasteiger charge is 2.56. The van der Waals surface area contributed by atoms with Crippen LogP contribution in [-0.4, -0.2) is 64.1 Å². The van der Waals surface area contributed by atoms with E-state index in [1.165, 1.54) is 23.3 Å². The predicted octanol–water partition coefficient (Wildman–Crippen LogP) is 0.0613. The molecule has 0 unspecified atom stereocenters. The first kappa shape index (κ1) is 20.0. The molecule has 0 bridgehead atoms. The molecule has 26 heavy (non-hydrogen) atoms. The van der Waals surface area contributed by atoms with Crippen molar-refractivity contribution in [1.29, 1.82) is 0 Å². The van der Waals surface area contributed by atoms with Crippen molar-refractivity contribution in [3.05, 3.63) is 22.1 Å². The smallest absolute Gasteiger partial charge is 0.353 e. The van der Waals surface area contributed by atoms with Crippen molar-refractivity contribution in [2.75, 3.05) is 13.2 Å². The molecule has 9 nitrogen and oxygen atoms in total. The Morgan fingerprint density at radius 3 is 2.81 bits per heavy atom. The predicted molar refractivity (Wildman–Crippen MR) is 94.9 cm³/mol. The van der Waals surface area contributed by atoms with Crippen LogP contribution in [0, 0.1) is 5.92 Å². The maximum absolute atomic E-state index is 12.1. The van der Waals surface area contributed by atoms with Gasteiger partial charge in [-0.05, 0) is 19.3 Å². The quantitative estimate of drug-likeness (QED) is 0.133. The summed E-state index contributed by atoms with van der Waals surface area (Å²) < 4.78 is 4.92. The molecule has 142 valence electrons. The summed E-state index contributed by atoms with van der Waals surface area (Å²) in [6.07, 6.45) is 0.672. The molecule has 1 amide bonds. The van der Waals surface area contributed by atoms with E-state index in [9.17, 15) is 24.6 Å². The summed E-state index contributed by atoms with van der Waals surface area (Å²) in [6.45, 7) is 3.50. The number of aliphatic hydroxyl groups is 1. The van der Waals surface area contributed by atoms with Crippen LogP contribution in [-0.2, 0) is 19.1 Å². The largest absolute Gasteiger partial charge is 0.477 e. The van der Waals surface area contributed by atoms with Gasteiger partial charge in [0.2, 0.25) is 5.91 Å². The van der Waals surface area contributed by atoms with Crippen LogP contribution in [0.15, 0.2) is 27.1 Å². The van der Waals surface area contributed by atoms with Crippen LogP contribution >= 0.6 is 11.8 Å². The van der Waals surface area contributed by atoms with Gasteiger partial charge in [0.05, 0.1) is 30.4 Å². The van der Waals surface area contributed by atoms with Gasteiger partial charge in [-0.25, -0.2) is 9.59 Å². The van der Waals surface area contributed by atoms with Gasteiger partial charge < -0.3 is 25.6 Å². The first-order chi connectivity index (χ1) is 12.2. The van der Waals surface area contributed by atoms with Gasteiger partial charge in [-0.1, -0.05) is 11.8 Å². The van der Waals surface area contributed by atoms with Gasteiger partial charge in [0.25, 0.3) is 0 Å². The normalized spacial score (nSPS) is 23.9. The minimum Gasteiger partial charge on any atom is -0.477 e. The zero-order valence-electron chi connectivity index (χ0n) is 14.4. The summed E-state index contributed by atoms with van der Waals surface area (Å²) in [6, 6.07) is -0.353. The maximum Gasteiger partial charge on any atom is 0.353 e. The third-order valence-corrected chi connectivity index (χ3v) is 4.92. The van der Waals surface area contributed by atoms with E-state index in [1.54, 1.807) is 6.92 Å². The van der Waals surface area contributed by atoms with Crippen LogP contribution < -0.4 is 5.73 Å². The van der Waals surface area contributed by atoms with Crippen molar-refractivity contribution >= 4 is 35.4 Å². The Bertz CT molecular complexity index is 696. The van der Waals surface area contributed by atoms with Gasteiger partial charge in [0.1, 0.15) is 12.3 Å². The van der Waals surface area contributed by atoms with Crippen molar-refractivity contribution in [2.24, 2.45) is 16.6 Å². The number of ether oxygens (including phenoxy) is 1. The number of β-lactam (4-membered cyclic amide) rings is 1. The van der Waals surface area contributed by atoms with E-state index in [-0.39, 0.29) is 24.9 Å². The molecule has 0 aromatic rings. The van der Waals surface area contributed by atoms with E-state index in [1.807, 2.05) is 0 Å². The topological polar surface area (TPSA) is 143 Å².